The molecule has 1 nitrogen and oxygen atoms in total. The van der Waals surface area contributed by atoms with Gasteiger partial charge in [0.15, 0.2) is 0 Å². The van der Waals surface area contributed by atoms with E-state index in [1.807, 2.05) is 6.08 Å². The molecule has 2 rings (SSSR count). The molecule has 1 heteroatoms. The Labute approximate surface area is 91.7 Å². The quantitative estimate of drug-likeness (QED) is 0.676. The third kappa shape index (κ3) is 2.37. The zero-order chi connectivity index (χ0) is 10.5. The fourth-order valence-corrected chi connectivity index (χ4v) is 2.06. The van der Waals surface area contributed by atoms with Gasteiger partial charge in [0.05, 0.1) is 6.04 Å². The summed E-state index contributed by atoms with van der Waals surface area (Å²) in [7, 11) is 0. The highest BCUT2D eigenvalue weighted by molar-refractivity contribution is 5.23. The largest absolute Gasteiger partial charge is 0.289 e. The van der Waals surface area contributed by atoms with Crippen LogP contribution in [-0.2, 0) is 0 Å². The minimum Gasteiger partial charge on any atom is -0.289 e. The number of nitrogens with zero attached hydrogens (tertiary/aromatic N) is 1. The van der Waals surface area contributed by atoms with Crippen LogP contribution in [0, 0.1) is 0 Å². The Balaban J connectivity index is 2.17. The van der Waals surface area contributed by atoms with E-state index in [4.69, 9.17) is 0 Å². The van der Waals surface area contributed by atoms with Crippen LogP contribution in [0.5, 0.6) is 0 Å². The van der Waals surface area contributed by atoms with Crippen LogP contribution in [0.4, 0.5) is 0 Å². The molecular formula is C14H17N. The summed E-state index contributed by atoms with van der Waals surface area (Å²) < 4.78 is 0. The molecule has 1 aromatic carbocycles. The molecule has 0 fully saturated rings. The van der Waals surface area contributed by atoms with Crippen LogP contribution >= 0.6 is 0 Å². The molecule has 0 radical (unpaired) electrons. The maximum Gasteiger partial charge on any atom is 0.0532 e. The summed E-state index contributed by atoms with van der Waals surface area (Å²) in [5.74, 6) is 0. The molecule has 0 amide bonds. The third-order valence-corrected chi connectivity index (χ3v) is 2.85. The summed E-state index contributed by atoms with van der Waals surface area (Å²) >= 11 is 0. The Morgan fingerprint density at radius 2 is 2.00 bits per heavy atom. The van der Waals surface area contributed by atoms with Gasteiger partial charge in [0, 0.05) is 13.1 Å². The molecule has 1 aromatic rings. The molecule has 1 aliphatic rings. The minimum absolute atomic E-state index is 0.358. The van der Waals surface area contributed by atoms with Crippen molar-refractivity contribution in [1.29, 1.82) is 0 Å². The van der Waals surface area contributed by atoms with Crippen LogP contribution in [-0.4, -0.2) is 18.0 Å². The molecule has 1 atom stereocenters. The average Bonchev–Trinajstić information content (AvgIpc) is 2.33. The minimum atomic E-state index is 0.358. The SMILES string of the molecule is C=CC(c1ccccc1)N1CC=CCC1. The fraction of sp³-hybridized carbons (Fsp3) is 0.286. The van der Waals surface area contributed by atoms with Gasteiger partial charge in [-0.05, 0) is 12.0 Å². The van der Waals surface area contributed by atoms with E-state index in [0.29, 0.717) is 6.04 Å². The van der Waals surface area contributed by atoms with Crippen molar-refractivity contribution in [2.75, 3.05) is 13.1 Å². The highest BCUT2D eigenvalue weighted by Crippen LogP contribution is 2.23. The number of hydrogen-bond acceptors (Lipinski definition) is 1. The van der Waals surface area contributed by atoms with Crippen molar-refractivity contribution in [2.45, 2.75) is 12.5 Å². The van der Waals surface area contributed by atoms with Gasteiger partial charge in [0.2, 0.25) is 0 Å². The second-order valence-corrected chi connectivity index (χ2v) is 3.85. The second-order valence-electron chi connectivity index (χ2n) is 3.85. The number of rotatable bonds is 3. The maximum atomic E-state index is 3.95. The molecule has 1 heterocycles. The zero-order valence-electron chi connectivity index (χ0n) is 8.97. The third-order valence-electron chi connectivity index (χ3n) is 2.85. The monoisotopic (exact) mass is 199 g/mol. The molecule has 1 unspecified atom stereocenters. The number of benzene rings is 1. The van der Waals surface area contributed by atoms with E-state index in [-0.39, 0.29) is 0 Å². The van der Waals surface area contributed by atoms with E-state index in [1.54, 1.807) is 0 Å². The molecule has 0 bridgehead atoms. The van der Waals surface area contributed by atoms with Gasteiger partial charge in [-0.15, -0.1) is 6.58 Å². The van der Waals surface area contributed by atoms with Gasteiger partial charge < -0.3 is 0 Å². The molecule has 0 N–H and O–H groups in total. The van der Waals surface area contributed by atoms with Gasteiger partial charge >= 0.3 is 0 Å². The molecule has 0 spiro atoms. The predicted molar refractivity (Wildman–Crippen MR) is 64.7 cm³/mol. The van der Waals surface area contributed by atoms with Gasteiger partial charge in [0.1, 0.15) is 0 Å². The van der Waals surface area contributed by atoms with Crippen molar-refractivity contribution in [2.24, 2.45) is 0 Å². The molecule has 0 saturated heterocycles. The zero-order valence-corrected chi connectivity index (χ0v) is 8.97. The van der Waals surface area contributed by atoms with Crippen molar-refractivity contribution >= 4 is 0 Å². The summed E-state index contributed by atoms with van der Waals surface area (Å²) in [5.41, 5.74) is 1.34. The van der Waals surface area contributed by atoms with Crippen LogP contribution in [0.2, 0.25) is 0 Å². The van der Waals surface area contributed by atoms with Gasteiger partial charge in [-0.1, -0.05) is 48.6 Å². The summed E-state index contributed by atoms with van der Waals surface area (Å²) in [6.07, 6.45) is 7.68. The smallest absolute Gasteiger partial charge is 0.0532 e. The van der Waals surface area contributed by atoms with Gasteiger partial charge in [-0.25, -0.2) is 0 Å². The lowest BCUT2D eigenvalue weighted by atomic mass is 10.0. The highest BCUT2D eigenvalue weighted by Gasteiger charge is 2.16. The maximum absolute atomic E-state index is 3.95. The normalized spacial score (nSPS) is 18.7. The molecule has 78 valence electrons. The molecule has 0 aliphatic carbocycles. The fourth-order valence-electron chi connectivity index (χ4n) is 2.06. The Bertz CT molecular complexity index is 340. The highest BCUT2D eigenvalue weighted by atomic mass is 15.1. The standard InChI is InChI=1S/C14H17N/c1-2-14(13-9-5-3-6-10-13)15-11-7-4-8-12-15/h2-7,9-10,14H,1,8,11-12H2. The lowest BCUT2D eigenvalue weighted by molar-refractivity contribution is 0.253. The topological polar surface area (TPSA) is 3.24 Å². The van der Waals surface area contributed by atoms with E-state index < -0.39 is 0 Å². The lowest BCUT2D eigenvalue weighted by Crippen LogP contribution is -2.30. The van der Waals surface area contributed by atoms with Crippen LogP contribution < -0.4 is 0 Å². The predicted octanol–water partition coefficient (Wildman–Crippen LogP) is 3.18. The van der Waals surface area contributed by atoms with E-state index in [1.165, 1.54) is 5.56 Å². The van der Waals surface area contributed by atoms with E-state index in [2.05, 4.69) is 54.0 Å². The van der Waals surface area contributed by atoms with E-state index in [9.17, 15) is 0 Å². The number of hydrogen-bond donors (Lipinski definition) is 0. The van der Waals surface area contributed by atoms with Gasteiger partial charge in [-0.3, -0.25) is 4.90 Å². The van der Waals surface area contributed by atoms with Crippen molar-refractivity contribution in [3.8, 4) is 0 Å². The second kappa shape index (κ2) is 4.94. The first-order valence-corrected chi connectivity index (χ1v) is 5.48. The first kappa shape index (κ1) is 10.2. The van der Waals surface area contributed by atoms with Gasteiger partial charge in [-0.2, -0.15) is 0 Å². The van der Waals surface area contributed by atoms with Crippen molar-refractivity contribution in [1.82, 2.24) is 4.90 Å². The van der Waals surface area contributed by atoms with E-state index >= 15 is 0 Å². The van der Waals surface area contributed by atoms with Crippen molar-refractivity contribution < 1.29 is 0 Å². The summed E-state index contributed by atoms with van der Waals surface area (Å²) in [6.45, 7) is 6.11. The lowest BCUT2D eigenvalue weighted by Gasteiger charge is -2.30. The van der Waals surface area contributed by atoms with Crippen LogP contribution in [0.15, 0.2) is 55.1 Å². The Morgan fingerprint density at radius 1 is 1.20 bits per heavy atom. The molecule has 0 saturated carbocycles. The molecule has 1 aliphatic heterocycles. The summed E-state index contributed by atoms with van der Waals surface area (Å²) in [5, 5.41) is 0. The van der Waals surface area contributed by atoms with Gasteiger partial charge in [0.25, 0.3) is 0 Å². The average molecular weight is 199 g/mol. The van der Waals surface area contributed by atoms with Crippen LogP contribution in [0.3, 0.4) is 0 Å². The van der Waals surface area contributed by atoms with Crippen molar-refractivity contribution in [3.05, 3.63) is 60.7 Å². The molecular weight excluding hydrogens is 182 g/mol. The Hall–Kier alpha value is -1.34. The van der Waals surface area contributed by atoms with Crippen LogP contribution in [0.1, 0.15) is 18.0 Å². The first-order chi connectivity index (χ1) is 7.42. The summed E-state index contributed by atoms with van der Waals surface area (Å²) in [6, 6.07) is 10.9. The first-order valence-electron chi connectivity index (χ1n) is 5.48. The van der Waals surface area contributed by atoms with E-state index in [0.717, 1.165) is 19.5 Å². The molecule has 0 aromatic heterocycles. The molecule has 15 heavy (non-hydrogen) atoms. The van der Waals surface area contributed by atoms with Crippen molar-refractivity contribution in [3.63, 3.8) is 0 Å². The Kier molecular flexibility index (Phi) is 3.36. The Morgan fingerprint density at radius 3 is 2.60 bits per heavy atom. The van der Waals surface area contributed by atoms with Crippen LogP contribution in [0.25, 0.3) is 0 Å². The summed E-state index contributed by atoms with van der Waals surface area (Å²) in [4.78, 5) is 2.45.